The monoisotopic (exact) mass is 158 g/mol. The summed E-state index contributed by atoms with van der Waals surface area (Å²) in [6.45, 7) is 0.862. The maximum absolute atomic E-state index is 4.92. The summed E-state index contributed by atoms with van der Waals surface area (Å²) in [7, 11) is 3.54. The molecular weight excluding hydrogens is 148 g/mol. The van der Waals surface area contributed by atoms with Gasteiger partial charge in [-0.15, -0.1) is 0 Å². The maximum atomic E-state index is 4.92. The molecule has 0 saturated carbocycles. The highest BCUT2D eigenvalue weighted by Gasteiger charge is 1.98. The minimum atomic E-state index is 0.727. The molecule has 0 atom stereocenters. The fourth-order valence-corrected chi connectivity index (χ4v) is 1.37. The molecule has 0 bridgehead atoms. The molecule has 0 fully saturated rings. The average Bonchev–Trinajstić information content (AvgIpc) is 2.37. The van der Waals surface area contributed by atoms with Crippen LogP contribution in [-0.2, 0) is 6.54 Å². The minimum Gasteiger partial charge on any atom is -0.473 e. The van der Waals surface area contributed by atoms with Gasteiger partial charge in [-0.25, -0.2) is 4.98 Å². The van der Waals surface area contributed by atoms with Crippen molar-refractivity contribution in [3.05, 3.63) is 11.1 Å². The molecule has 1 N–H and O–H groups in total. The van der Waals surface area contributed by atoms with Gasteiger partial charge in [0.2, 0.25) is 0 Å². The quantitative estimate of drug-likeness (QED) is 0.708. The predicted octanol–water partition coefficient (Wildman–Crippen LogP) is 0.871. The minimum absolute atomic E-state index is 0.727. The van der Waals surface area contributed by atoms with Gasteiger partial charge in [-0.05, 0) is 7.05 Å². The third-order valence-electron chi connectivity index (χ3n) is 1.06. The SMILES string of the molecule is CNCc1cnc(OC)s1. The Morgan fingerprint density at radius 2 is 2.60 bits per heavy atom. The highest BCUT2D eigenvalue weighted by atomic mass is 32.1. The van der Waals surface area contributed by atoms with Gasteiger partial charge in [0.1, 0.15) is 0 Å². The highest BCUT2D eigenvalue weighted by Crippen LogP contribution is 2.18. The second-order valence-electron chi connectivity index (χ2n) is 1.83. The first kappa shape index (κ1) is 7.50. The van der Waals surface area contributed by atoms with Crippen LogP contribution in [-0.4, -0.2) is 19.1 Å². The molecule has 1 aromatic heterocycles. The average molecular weight is 158 g/mol. The van der Waals surface area contributed by atoms with Crippen molar-refractivity contribution in [2.75, 3.05) is 14.2 Å². The summed E-state index contributed by atoms with van der Waals surface area (Å²) in [6, 6.07) is 0. The van der Waals surface area contributed by atoms with Crippen LogP contribution in [0.2, 0.25) is 0 Å². The van der Waals surface area contributed by atoms with Crippen LogP contribution in [0.25, 0.3) is 0 Å². The first-order valence-corrected chi connectivity index (χ1v) is 3.81. The fourth-order valence-electron chi connectivity index (χ4n) is 0.640. The van der Waals surface area contributed by atoms with Crippen molar-refractivity contribution in [3.63, 3.8) is 0 Å². The van der Waals surface area contributed by atoms with E-state index in [1.807, 2.05) is 13.2 Å². The molecule has 1 rings (SSSR count). The van der Waals surface area contributed by atoms with Crippen LogP contribution in [0, 0.1) is 0 Å². The molecule has 1 aromatic rings. The Morgan fingerprint density at radius 3 is 3.10 bits per heavy atom. The normalized spacial score (nSPS) is 9.80. The van der Waals surface area contributed by atoms with Gasteiger partial charge in [0.25, 0.3) is 5.19 Å². The molecule has 3 nitrogen and oxygen atoms in total. The van der Waals surface area contributed by atoms with Crippen molar-refractivity contribution in [3.8, 4) is 5.19 Å². The number of hydrogen-bond donors (Lipinski definition) is 1. The van der Waals surface area contributed by atoms with E-state index in [9.17, 15) is 0 Å². The number of thiazole rings is 1. The fraction of sp³-hybridized carbons (Fsp3) is 0.500. The predicted molar refractivity (Wildman–Crippen MR) is 41.4 cm³/mol. The van der Waals surface area contributed by atoms with E-state index in [0.717, 1.165) is 11.7 Å². The summed E-state index contributed by atoms with van der Waals surface area (Å²) in [4.78, 5) is 5.20. The Morgan fingerprint density at radius 1 is 1.80 bits per heavy atom. The van der Waals surface area contributed by atoms with Crippen LogP contribution < -0.4 is 10.1 Å². The molecule has 0 saturated heterocycles. The molecular formula is C6H10N2OS. The van der Waals surface area contributed by atoms with E-state index in [-0.39, 0.29) is 0 Å². The number of nitrogens with zero attached hydrogens (tertiary/aromatic N) is 1. The van der Waals surface area contributed by atoms with Gasteiger partial charge in [-0.2, -0.15) is 0 Å². The van der Waals surface area contributed by atoms with Crippen molar-refractivity contribution in [2.45, 2.75) is 6.54 Å². The van der Waals surface area contributed by atoms with Crippen LogP contribution in [0.4, 0.5) is 0 Å². The zero-order valence-electron chi connectivity index (χ0n) is 6.05. The topological polar surface area (TPSA) is 34.2 Å². The van der Waals surface area contributed by atoms with Gasteiger partial charge in [0.15, 0.2) is 0 Å². The molecule has 0 aliphatic rings. The molecule has 0 aromatic carbocycles. The number of hydrogen-bond acceptors (Lipinski definition) is 4. The Kier molecular flexibility index (Phi) is 2.65. The molecule has 0 aliphatic carbocycles. The molecule has 4 heteroatoms. The van der Waals surface area contributed by atoms with Crippen molar-refractivity contribution in [1.82, 2.24) is 10.3 Å². The summed E-state index contributed by atoms with van der Waals surface area (Å²) < 4.78 is 4.92. The number of ether oxygens (including phenoxy) is 1. The molecule has 10 heavy (non-hydrogen) atoms. The Balaban J connectivity index is 2.59. The van der Waals surface area contributed by atoms with Crippen LogP contribution in [0.15, 0.2) is 6.20 Å². The van der Waals surface area contributed by atoms with Crippen molar-refractivity contribution < 1.29 is 4.74 Å². The first-order valence-electron chi connectivity index (χ1n) is 3.00. The zero-order valence-corrected chi connectivity index (χ0v) is 6.86. The molecule has 0 amide bonds. The summed E-state index contributed by atoms with van der Waals surface area (Å²) in [5.74, 6) is 0. The molecule has 56 valence electrons. The summed E-state index contributed by atoms with van der Waals surface area (Å²) in [5, 5.41) is 3.76. The van der Waals surface area contributed by atoms with Gasteiger partial charge < -0.3 is 10.1 Å². The Bertz CT molecular complexity index is 199. The molecule has 0 radical (unpaired) electrons. The van der Waals surface area contributed by atoms with E-state index in [4.69, 9.17) is 4.74 Å². The van der Waals surface area contributed by atoms with E-state index < -0.39 is 0 Å². The van der Waals surface area contributed by atoms with Crippen molar-refractivity contribution >= 4 is 11.3 Å². The Labute approximate surface area is 64.0 Å². The van der Waals surface area contributed by atoms with Gasteiger partial charge in [-0.3, -0.25) is 0 Å². The smallest absolute Gasteiger partial charge is 0.273 e. The van der Waals surface area contributed by atoms with Gasteiger partial charge >= 0.3 is 0 Å². The van der Waals surface area contributed by atoms with Crippen molar-refractivity contribution in [2.24, 2.45) is 0 Å². The van der Waals surface area contributed by atoms with Crippen LogP contribution in [0.3, 0.4) is 0 Å². The van der Waals surface area contributed by atoms with E-state index in [2.05, 4.69) is 10.3 Å². The van der Waals surface area contributed by atoms with Crippen LogP contribution in [0.5, 0.6) is 5.19 Å². The van der Waals surface area contributed by atoms with Crippen molar-refractivity contribution in [1.29, 1.82) is 0 Å². The zero-order chi connectivity index (χ0) is 7.40. The Hall–Kier alpha value is -0.610. The lowest BCUT2D eigenvalue weighted by Crippen LogP contribution is -2.02. The van der Waals surface area contributed by atoms with Gasteiger partial charge in [0, 0.05) is 17.6 Å². The van der Waals surface area contributed by atoms with Crippen LogP contribution in [0.1, 0.15) is 4.88 Å². The summed E-state index contributed by atoms with van der Waals surface area (Å²) >= 11 is 1.56. The summed E-state index contributed by atoms with van der Waals surface area (Å²) in [5.41, 5.74) is 0. The number of methoxy groups -OCH3 is 1. The molecule has 0 unspecified atom stereocenters. The second kappa shape index (κ2) is 3.53. The number of rotatable bonds is 3. The van der Waals surface area contributed by atoms with E-state index in [0.29, 0.717) is 0 Å². The molecule has 0 aliphatic heterocycles. The second-order valence-corrected chi connectivity index (χ2v) is 2.90. The lowest BCUT2D eigenvalue weighted by atomic mass is 10.5. The van der Waals surface area contributed by atoms with E-state index in [1.54, 1.807) is 18.4 Å². The van der Waals surface area contributed by atoms with E-state index in [1.165, 1.54) is 4.88 Å². The lowest BCUT2D eigenvalue weighted by molar-refractivity contribution is 0.412. The molecule has 0 spiro atoms. The van der Waals surface area contributed by atoms with Gasteiger partial charge in [0.05, 0.1) is 7.11 Å². The number of nitrogens with one attached hydrogen (secondary N) is 1. The molecule has 1 heterocycles. The van der Waals surface area contributed by atoms with Crippen LogP contribution >= 0.6 is 11.3 Å². The number of aromatic nitrogens is 1. The van der Waals surface area contributed by atoms with Gasteiger partial charge in [-0.1, -0.05) is 11.3 Å². The highest BCUT2D eigenvalue weighted by molar-refractivity contribution is 7.13. The summed E-state index contributed by atoms with van der Waals surface area (Å²) in [6.07, 6.45) is 1.82. The first-order chi connectivity index (χ1) is 4.86. The third-order valence-corrected chi connectivity index (χ3v) is 2.02. The lowest BCUT2D eigenvalue weighted by Gasteiger charge is -1.90. The standard InChI is InChI=1S/C6H10N2OS/c1-7-3-5-4-8-6(9-2)10-5/h4,7H,3H2,1-2H3. The maximum Gasteiger partial charge on any atom is 0.273 e. The third kappa shape index (κ3) is 1.68. The largest absolute Gasteiger partial charge is 0.473 e. The van der Waals surface area contributed by atoms with E-state index >= 15 is 0 Å².